The van der Waals surface area contributed by atoms with Crippen LogP contribution in [0.1, 0.15) is 44.9 Å². The number of benzene rings is 1. The van der Waals surface area contributed by atoms with E-state index in [9.17, 15) is 14.0 Å². The highest BCUT2D eigenvalue weighted by Gasteiger charge is 2.49. The molecular formula is C20H26FN3O2. The summed E-state index contributed by atoms with van der Waals surface area (Å²) in [5, 5.41) is 3.17. The van der Waals surface area contributed by atoms with E-state index in [2.05, 4.69) is 5.32 Å². The number of nitrogens with one attached hydrogen (secondary N) is 1. The number of likely N-dealkylation sites (tertiary alicyclic amines) is 1. The predicted octanol–water partition coefficient (Wildman–Crippen LogP) is 3.30. The number of carbonyl (C=O) groups excluding carboxylic acids is 2. The van der Waals surface area contributed by atoms with E-state index < -0.39 is 0 Å². The lowest BCUT2D eigenvalue weighted by atomic mass is 9.86. The Morgan fingerprint density at radius 1 is 1.19 bits per heavy atom. The third-order valence-corrected chi connectivity index (χ3v) is 6.10. The molecule has 4 rings (SSSR count). The third kappa shape index (κ3) is 3.41. The van der Waals surface area contributed by atoms with Gasteiger partial charge in [0, 0.05) is 43.2 Å². The maximum atomic E-state index is 13.5. The van der Waals surface area contributed by atoms with E-state index in [1.807, 2.05) is 4.90 Å². The van der Waals surface area contributed by atoms with Gasteiger partial charge in [-0.1, -0.05) is 25.3 Å². The third-order valence-electron chi connectivity index (χ3n) is 6.10. The molecule has 2 saturated heterocycles. The number of nitrogens with zero attached hydrogens (tertiary/aromatic N) is 2. The van der Waals surface area contributed by atoms with E-state index in [1.54, 1.807) is 17.0 Å². The highest BCUT2D eigenvalue weighted by molar-refractivity contribution is 5.96. The van der Waals surface area contributed by atoms with Crippen LogP contribution < -0.4 is 10.2 Å². The van der Waals surface area contributed by atoms with Crippen molar-refractivity contribution in [1.82, 2.24) is 10.2 Å². The van der Waals surface area contributed by atoms with Crippen LogP contribution in [0.2, 0.25) is 0 Å². The van der Waals surface area contributed by atoms with Crippen molar-refractivity contribution in [3.05, 3.63) is 30.1 Å². The molecule has 0 aromatic heterocycles. The first-order valence-electron chi connectivity index (χ1n) is 9.66. The lowest BCUT2D eigenvalue weighted by Crippen LogP contribution is -2.45. The Bertz CT molecular complexity index is 704. The van der Waals surface area contributed by atoms with E-state index in [1.165, 1.54) is 31.4 Å². The van der Waals surface area contributed by atoms with Gasteiger partial charge in [0.25, 0.3) is 0 Å². The Balaban J connectivity index is 1.39. The standard InChI is InChI=1S/C20H26FN3O2/c21-15-5-4-8-17(11-15)24-14-20(12-18(24)25)9-10-23(13-20)19(26)22-16-6-2-1-3-7-16/h4-5,8,11,16H,1-3,6-7,9-10,12-14H2,(H,22,26)/t20-/m1/s1. The first-order chi connectivity index (χ1) is 12.5. The summed E-state index contributed by atoms with van der Waals surface area (Å²) in [5.74, 6) is -0.318. The minimum Gasteiger partial charge on any atom is -0.335 e. The number of amides is 3. The molecule has 1 atom stereocenters. The smallest absolute Gasteiger partial charge is 0.317 e. The fourth-order valence-corrected chi connectivity index (χ4v) is 4.67. The van der Waals surface area contributed by atoms with E-state index >= 15 is 0 Å². The number of rotatable bonds is 2. The van der Waals surface area contributed by atoms with Crippen molar-refractivity contribution in [3.63, 3.8) is 0 Å². The van der Waals surface area contributed by atoms with Crippen LogP contribution in [0.5, 0.6) is 0 Å². The first kappa shape index (κ1) is 17.3. The van der Waals surface area contributed by atoms with Crippen molar-refractivity contribution in [2.75, 3.05) is 24.5 Å². The van der Waals surface area contributed by atoms with Crippen LogP contribution in [-0.4, -0.2) is 42.5 Å². The van der Waals surface area contributed by atoms with Crippen molar-refractivity contribution >= 4 is 17.6 Å². The predicted molar refractivity (Wildman–Crippen MR) is 97.4 cm³/mol. The molecule has 1 aliphatic carbocycles. The molecular weight excluding hydrogens is 333 g/mol. The Hall–Kier alpha value is -2.11. The van der Waals surface area contributed by atoms with Crippen molar-refractivity contribution < 1.29 is 14.0 Å². The van der Waals surface area contributed by atoms with Crippen LogP contribution in [0.25, 0.3) is 0 Å². The Morgan fingerprint density at radius 3 is 2.77 bits per heavy atom. The molecule has 0 bridgehead atoms. The van der Waals surface area contributed by atoms with Gasteiger partial charge in [-0.2, -0.15) is 0 Å². The van der Waals surface area contributed by atoms with E-state index in [0.29, 0.717) is 37.8 Å². The van der Waals surface area contributed by atoms with Gasteiger partial charge in [0.05, 0.1) is 0 Å². The fraction of sp³-hybridized carbons (Fsp3) is 0.600. The highest BCUT2D eigenvalue weighted by atomic mass is 19.1. The van der Waals surface area contributed by atoms with Crippen LogP contribution >= 0.6 is 0 Å². The molecule has 5 nitrogen and oxygen atoms in total. The number of hydrogen-bond donors (Lipinski definition) is 1. The van der Waals surface area contributed by atoms with Gasteiger partial charge in [0.15, 0.2) is 0 Å². The number of urea groups is 1. The van der Waals surface area contributed by atoms with Crippen molar-refractivity contribution in [1.29, 1.82) is 0 Å². The maximum Gasteiger partial charge on any atom is 0.317 e. The van der Waals surface area contributed by atoms with Gasteiger partial charge < -0.3 is 15.1 Å². The van der Waals surface area contributed by atoms with Crippen LogP contribution in [0, 0.1) is 11.2 Å². The molecule has 1 spiro atoms. The average Bonchev–Trinajstić information content (AvgIpc) is 3.19. The molecule has 3 fully saturated rings. The summed E-state index contributed by atoms with van der Waals surface area (Å²) in [6.07, 6.45) is 7.02. The zero-order valence-electron chi connectivity index (χ0n) is 15.0. The highest BCUT2D eigenvalue weighted by Crippen LogP contribution is 2.42. The largest absolute Gasteiger partial charge is 0.335 e. The molecule has 1 saturated carbocycles. The summed E-state index contributed by atoms with van der Waals surface area (Å²) in [7, 11) is 0. The minimum atomic E-state index is -0.337. The molecule has 140 valence electrons. The zero-order chi connectivity index (χ0) is 18.1. The quantitative estimate of drug-likeness (QED) is 0.881. The minimum absolute atomic E-state index is 0.00503. The van der Waals surface area contributed by atoms with Crippen molar-refractivity contribution in [2.24, 2.45) is 5.41 Å². The number of carbonyl (C=O) groups is 2. The summed E-state index contributed by atoms with van der Waals surface area (Å²) >= 11 is 0. The summed E-state index contributed by atoms with van der Waals surface area (Å²) in [4.78, 5) is 28.7. The second kappa shape index (κ2) is 6.89. The van der Waals surface area contributed by atoms with E-state index in [-0.39, 0.29) is 23.2 Å². The Kier molecular flexibility index (Phi) is 4.59. The van der Waals surface area contributed by atoms with Crippen LogP contribution in [0.4, 0.5) is 14.9 Å². The topological polar surface area (TPSA) is 52.7 Å². The summed E-state index contributed by atoms with van der Waals surface area (Å²) in [5.41, 5.74) is 0.407. The van der Waals surface area contributed by atoms with Gasteiger partial charge in [0.2, 0.25) is 5.91 Å². The maximum absolute atomic E-state index is 13.5. The second-order valence-corrected chi connectivity index (χ2v) is 8.09. The average molecular weight is 359 g/mol. The molecule has 6 heteroatoms. The lowest BCUT2D eigenvalue weighted by molar-refractivity contribution is -0.117. The summed E-state index contributed by atoms with van der Waals surface area (Å²) in [6.45, 7) is 1.84. The fourth-order valence-electron chi connectivity index (χ4n) is 4.67. The number of halogens is 1. The second-order valence-electron chi connectivity index (χ2n) is 8.09. The molecule has 0 radical (unpaired) electrons. The van der Waals surface area contributed by atoms with E-state index in [0.717, 1.165) is 19.3 Å². The monoisotopic (exact) mass is 359 g/mol. The molecule has 3 aliphatic rings. The first-order valence-corrected chi connectivity index (χ1v) is 9.66. The normalized spacial score (nSPS) is 26.7. The van der Waals surface area contributed by atoms with Gasteiger partial charge in [-0.15, -0.1) is 0 Å². The molecule has 2 heterocycles. The van der Waals surface area contributed by atoms with Gasteiger partial charge >= 0.3 is 6.03 Å². The molecule has 1 aromatic rings. The van der Waals surface area contributed by atoms with Crippen LogP contribution in [0.15, 0.2) is 24.3 Å². The van der Waals surface area contributed by atoms with Gasteiger partial charge in [0.1, 0.15) is 5.82 Å². The van der Waals surface area contributed by atoms with Crippen LogP contribution in [-0.2, 0) is 4.79 Å². The zero-order valence-corrected chi connectivity index (χ0v) is 15.0. The summed E-state index contributed by atoms with van der Waals surface area (Å²) in [6, 6.07) is 6.48. The molecule has 2 aliphatic heterocycles. The lowest BCUT2D eigenvalue weighted by Gasteiger charge is -2.27. The summed E-state index contributed by atoms with van der Waals surface area (Å²) < 4.78 is 13.5. The molecule has 1 aromatic carbocycles. The van der Waals surface area contributed by atoms with Crippen molar-refractivity contribution in [2.45, 2.75) is 51.0 Å². The van der Waals surface area contributed by atoms with Crippen LogP contribution in [0.3, 0.4) is 0 Å². The molecule has 1 N–H and O–H groups in total. The molecule has 0 unspecified atom stereocenters. The SMILES string of the molecule is O=C(NC1CCCCC1)N1CC[C@@]2(CC(=O)N(c3cccc(F)c3)C2)C1. The van der Waals surface area contributed by atoms with Gasteiger partial charge in [-0.05, 0) is 37.5 Å². The number of hydrogen-bond acceptors (Lipinski definition) is 2. The van der Waals surface area contributed by atoms with E-state index in [4.69, 9.17) is 0 Å². The Labute approximate surface area is 153 Å². The van der Waals surface area contributed by atoms with Crippen molar-refractivity contribution in [3.8, 4) is 0 Å². The molecule has 26 heavy (non-hydrogen) atoms. The Morgan fingerprint density at radius 2 is 2.00 bits per heavy atom. The van der Waals surface area contributed by atoms with Gasteiger partial charge in [-0.3, -0.25) is 4.79 Å². The van der Waals surface area contributed by atoms with Gasteiger partial charge in [-0.25, -0.2) is 9.18 Å². The molecule has 3 amide bonds. The number of anilines is 1.